The van der Waals surface area contributed by atoms with E-state index >= 15 is 0 Å². The van der Waals surface area contributed by atoms with Crippen LogP contribution in [-0.2, 0) is 4.79 Å². The second-order valence-corrected chi connectivity index (χ2v) is 4.53. The topological polar surface area (TPSA) is 57.6 Å². The summed E-state index contributed by atoms with van der Waals surface area (Å²) in [7, 11) is 0. The number of halogens is 1. The summed E-state index contributed by atoms with van der Waals surface area (Å²) in [6, 6.07) is 6.56. The van der Waals surface area contributed by atoms with Gasteiger partial charge in [-0.3, -0.25) is 9.59 Å². The van der Waals surface area contributed by atoms with Gasteiger partial charge in [0.2, 0.25) is 0 Å². The van der Waals surface area contributed by atoms with E-state index in [-0.39, 0.29) is 12.5 Å². The van der Waals surface area contributed by atoms with Crippen molar-refractivity contribution in [3.8, 4) is 0 Å². The second kappa shape index (κ2) is 6.40. The Kier molecular flexibility index (Phi) is 5.16. The number of hydrogen-bond acceptors (Lipinski definition) is 2. The number of carbonyl (C=O) groups excluding carboxylic acids is 1. The second-order valence-electron chi connectivity index (χ2n) is 4.09. The Hall–Kier alpha value is -1.55. The first kappa shape index (κ1) is 14.5. The lowest BCUT2D eigenvalue weighted by Gasteiger charge is -2.23. The minimum Gasteiger partial charge on any atom is -0.481 e. The third kappa shape index (κ3) is 3.74. The molecule has 0 fully saturated rings. The molecule has 0 saturated carbocycles. The van der Waals surface area contributed by atoms with Crippen molar-refractivity contribution in [3.63, 3.8) is 0 Å². The van der Waals surface area contributed by atoms with Crippen LogP contribution in [0.3, 0.4) is 0 Å². The molecular weight excluding hydrogens is 254 g/mol. The van der Waals surface area contributed by atoms with Gasteiger partial charge in [-0.25, -0.2) is 0 Å². The van der Waals surface area contributed by atoms with Crippen LogP contribution in [0.15, 0.2) is 24.3 Å². The molecule has 0 aromatic heterocycles. The lowest BCUT2D eigenvalue weighted by molar-refractivity contribution is -0.141. The third-order valence-corrected chi connectivity index (χ3v) is 2.93. The largest absolute Gasteiger partial charge is 0.481 e. The van der Waals surface area contributed by atoms with Gasteiger partial charge in [0.25, 0.3) is 5.91 Å². The highest BCUT2D eigenvalue weighted by Crippen LogP contribution is 2.12. The smallest absolute Gasteiger partial charge is 0.308 e. The van der Waals surface area contributed by atoms with Crippen molar-refractivity contribution in [3.05, 3.63) is 34.9 Å². The summed E-state index contributed by atoms with van der Waals surface area (Å²) in [6.45, 7) is 4.08. The van der Waals surface area contributed by atoms with E-state index in [0.717, 1.165) is 0 Å². The molecule has 0 aliphatic carbocycles. The Labute approximate surface area is 111 Å². The maximum Gasteiger partial charge on any atom is 0.308 e. The van der Waals surface area contributed by atoms with Crippen molar-refractivity contribution in [1.29, 1.82) is 0 Å². The Balaban J connectivity index is 2.79. The first-order valence-electron chi connectivity index (χ1n) is 5.73. The van der Waals surface area contributed by atoms with Gasteiger partial charge in [-0.15, -0.1) is 0 Å². The van der Waals surface area contributed by atoms with E-state index in [1.165, 1.54) is 4.90 Å². The van der Waals surface area contributed by atoms with Crippen LogP contribution in [0.2, 0.25) is 5.02 Å². The number of aliphatic carboxylic acids is 1. The van der Waals surface area contributed by atoms with Crippen LogP contribution in [0.5, 0.6) is 0 Å². The quantitative estimate of drug-likeness (QED) is 0.894. The van der Waals surface area contributed by atoms with Crippen LogP contribution in [0.4, 0.5) is 0 Å². The van der Waals surface area contributed by atoms with Crippen LogP contribution in [-0.4, -0.2) is 35.0 Å². The van der Waals surface area contributed by atoms with Crippen LogP contribution in [0.1, 0.15) is 24.2 Å². The van der Waals surface area contributed by atoms with Gasteiger partial charge in [-0.1, -0.05) is 18.5 Å². The van der Waals surface area contributed by atoms with E-state index < -0.39 is 11.9 Å². The fraction of sp³-hybridized carbons (Fsp3) is 0.385. The van der Waals surface area contributed by atoms with Crippen molar-refractivity contribution in [1.82, 2.24) is 4.90 Å². The Morgan fingerprint density at radius 1 is 1.33 bits per heavy atom. The van der Waals surface area contributed by atoms with E-state index in [1.54, 1.807) is 31.2 Å². The minimum absolute atomic E-state index is 0.178. The molecule has 4 nitrogen and oxygen atoms in total. The SMILES string of the molecule is CCN(CC(C)C(=O)O)C(=O)c1ccc(Cl)cc1. The number of amides is 1. The fourth-order valence-electron chi connectivity index (χ4n) is 1.54. The van der Waals surface area contributed by atoms with Gasteiger partial charge in [0.15, 0.2) is 0 Å². The first-order chi connectivity index (χ1) is 8.45. The summed E-state index contributed by atoms with van der Waals surface area (Å²) in [5.74, 6) is -1.67. The summed E-state index contributed by atoms with van der Waals surface area (Å²) in [5, 5.41) is 9.42. The van der Waals surface area contributed by atoms with Crippen LogP contribution < -0.4 is 0 Å². The van der Waals surface area contributed by atoms with Crippen LogP contribution >= 0.6 is 11.6 Å². The number of rotatable bonds is 5. The highest BCUT2D eigenvalue weighted by atomic mass is 35.5. The molecule has 1 aromatic carbocycles. The summed E-state index contributed by atoms with van der Waals surface area (Å²) in [4.78, 5) is 24.5. The van der Waals surface area contributed by atoms with Gasteiger partial charge in [0.1, 0.15) is 0 Å². The molecule has 0 aliphatic rings. The monoisotopic (exact) mass is 269 g/mol. The molecule has 0 bridgehead atoms. The van der Waals surface area contributed by atoms with Crippen molar-refractivity contribution in [2.45, 2.75) is 13.8 Å². The lowest BCUT2D eigenvalue weighted by Crippen LogP contribution is -2.36. The van der Waals surface area contributed by atoms with E-state index in [2.05, 4.69) is 0 Å². The fourth-order valence-corrected chi connectivity index (χ4v) is 1.67. The maximum atomic E-state index is 12.1. The number of carboxylic acids is 1. The standard InChI is InChI=1S/C13H16ClNO3/c1-3-15(8-9(2)13(17)18)12(16)10-4-6-11(14)7-5-10/h4-7,9H,3,8H2,1-2H3,(H,17,18). The molecule has 0 saturated heterocycles. The maximum absolute atomic E-state index is 12.1. The molecule has 0 aliphatic heterocycles. The molecule has 1 aromatic rings. The molecule has 1 rings (SSSR count). The molecule has 98 valence electrons. The summed E-state index contributed by atoms with van der Waals surface area (Å²) in [5.41, 5.74) is 0.513. The first-order valence-corrected chi connectivity index (χ1v) is 6.11. The van der Waals surface area contributed by atoms with Gasteiger partial charge >= 0.3 is 5.97 Å². The lowest BCUT2D eigenvalue weighted by atomic mass is 10.1. The average molecular weight is 270 g/mol. The molecule has 1 unspecified atom stereocenters. The number of hydrogen-bond donors (Lipinski definition) is 1. The predicted octanol–water partition coefficient (Wildman–Crippen LogP) is 2.52. The number of benzene rings is 1. The van der Waals surface area contributed by atoms with E-state index in [9.17, 15) is 9.59 Å². The molecule has 0 radical (unpaired) electrons. The van der Waals surface area contributed by atoms with Crippen molar-refractivity contribution in [2.75, 3.05) is 13.1 Å². The van der Waals surface area contributed by atoms with Gasteiger partial charge in [0.05, 0.1) is 5.92 Å². The van der Waals surface area contributed by atoms with Gasteiger partial charge in [-0.2, -0.15) is 0 Å². The molecule has 0 heterocycles. The number of carbonyl (C=O) groups is 2. The number of carboxylic acid groups (broad SMARTS) is 1. The van der Waals surface area contributed by atoms with Crippen molar-refractivity contribution in [2.24, 2.45) is 5.92 Å². The molecule has 0 spiro atoms. The molecule has 1 atom stereocenters. The summed E-state index contributed by atoms with van der Waals surface area (Å²) < 4.78 is 0. The van der Waals surface area contributed by atoms with E-state index in [4.69, 9.17) is 16.7 Å². The highest BCUT2D eigenvalue weighted by Gasteiger charge is 2.20. The predicted molar refractivity (Wildman–Crippen MR) is 69.8 cm³/mol. The highest BCUT2D eigenvalue weighted by molar-refractivity contribution is 6.30. The average Bonchev–Trinajstić information content (AvgIpc) is 2.35. The Morgan fingerprint density at radius 3 is 2.33 bits per heavy atom. The third-order valence-electron chi connectivity index (χ3n) is 2.68. The Morgan fingerprint density at radius 2 is 1.89 bits per heavy atom. The molecular formula is C13H16ClNO3. The zero-order chi connectivity index (χ0) is 13.7. The van der Waals surface area contributed by atoms with E-state index in [0.29, 0.717) is 17.1 Å². The van der Waals surface area contributed by atoms with Crippen molar-refractivity contribution < 1.29 is 14.7 Å². The zero-order valence-corrected chi connectivity index (χ0v) is 11.1. The van der Waals surface area contributed by atoms with Crippen molar-refractivity contribution >= 4 is 23.5 Å². The molecule has 18 heavy (non-hydrogen) atoms. The van der Waals surface area contributed by atoms with Crippen LogP contribution in [0.25, 0.3) is 0 Å². The summed E-state index contributed by atoms with van der Waals surface area (Å²) >= 11 is 5.75. The number of nitrogens with zero attached hydrogens (tertiary/aromatic N) is 1. The minimum atomic E-state index is -0.905. The molecule has 1 N–H and O–H groups in total. The zero-order valence-electron chi connectivity index (χ0n) is 10.4. The van der Waals surface area contributed by atoms with E-state index in [1.807, 2.05) is 6.92 Å². The Bertz CT molecular complexity index is 430. The van der Waals surface area contributed by atoms with Gasteiger partial charge in [0, 0.05) is 23.7 Å². The molecule has 1 amide bonds. The molecule has 5 heteroatoms. The van der Waals surface area contributed by atoms with Crippen LogP contribution in [0, 0.1) is 5.92 Å². The van der Waals surface area contributed by atoms with Gasteiger partial charge < -0.3 is 10.0 Å². The van der Waals surface area contributed by atoms with Gasteiger partial charge in [-0.05, 0) is 31.2 Å². The normalized spacial score (nSPS) is 11.9. The summed E-state index contributed by atoms with van der Waals surface area (Å²) in [6.07, 6.45) is 0.